The van der Waals surface area contributed by atoms with Crippen molar-refractivity contribution in [2.45, 2.75) is 52.6 Å². The van der Waals surface area contributed by atoms with Crippen molar-refractivity contribution in [3.05, 3.63) is 47.3 Å². The minimum atomic E-state index is -0.201. The van der Waals surface area contributed by atoms with E-state index in [4.69, 9.17) is 14.7 Å². The molecule has 214 valence electrons. The van der Waals surface area contributed by atoms with E-state index in [1.165, 1.54) is 5.69 Å². The molecule has 7 rings (SSSR count). The predicted molar refractivity (Wildman–Crippen MR) is 160 cm³/mol. The zero-order valence-corrected chi connectivity index (χ0v) is 24.3. The van der Waals surface area contributed by atoms with Gasteiger partial charge in [0.15, 0.2) is 0 Å². The molecule has 3 aliphatic rings. The molecule has 4 bridgehead atoms. The molecule has 10 heteroatoms. The number of pyridine rings is 1. The van der Waals surface area contributed by atoms with Crippen LogP contribution < -0.4 is 20.3 Å². The molecule has 0 radical (unpaired) electrons. The maximum absolute atomic E-state index is 13.8. The van der Waals surface area contributed by atoms with Crippen LogP contribution in [-0.2, 0) is 13.6 Å². The number of anilines is 2. The van der Waals surface area contributed by atoms with Crippen molar-refractivity contribution < 1.29 is 9.53 Å². The summed E-state index contributed by atoms with van der Waals surface area (Å²) in [6, 6.07) is 10.6. The Morgan fingerprint density at radius 3 is 2.76 bits per heavy atom. The Hall–Kier alpha value is -3.92. The number of carbonyl (C=O) groups excluding carboxylic acids is 1. The van der Waals surface area contributed by atoms with Gasteiger partial charge in [-0.25, -0.2) is 9.67 Å². The summed E-state index contributed by atoms with van der Waals surface area (Å²) in [5.74, 6) is 2.04. The van der Waals surface area contributed by atoms with Crippen molar-refractivity contribution in [2.24, 2.45) is 18.9 Å². The Labute approximate surface area is 240 Å². The number of imidazole rings is 1. The molecule has 0 spiro atoms. The zero-order chi connectivity index (χ0) is 28.2. The lowest BCUT2D eigenvalue weighted by Crippen LogP contribution is -2.49. The maximum Gasteiger partial charge on any atom is 0.258 e. The van der Waals surface area contributed by atoms with Gasteiger partial charge in [-0.05, 0) is 82.2 Å². The van der Waals surface area contributed by atoms with Crippen molar-refractivity contribution in [2.75, 3.05) is 36.5 Å². The van der Waals surface area contributed by atoms with Crippen LogP contribution >= 0.6 is 0 Å². The number of hydrogen-bond acceptors (Lipinski definition) is 7. The minimum Gasteiger partial charge on any atom is -0.477 e. The number of benzene rings is 1. The second kappa shape index (κ2) is 10.2. The predicted octanol–water partition coefficient (Wildman–Crippen LogP) is 4.31. The van der Waals surface area contributed by atoms with E-state index < -0.39 is 0 Å². The van der Waals surface area contributed by atoms with Gasteiger partial charge in [-0.3, -0.25) is 15.1 Å². The number of nitrogens with one attached hydrogen (secondary N) is 2. The maximum atomic E-state index is 13.8. The molecule has 4 aromatic rings. The van der Waals surface area contributed by atoms with Crippen LogP contribution in [-0.4, -0.2) is 62.5 Å². The molecule has 1 saturated carbocycles. The second-order valence-corrected chi connectivity index (χ2v) is 12.1. The molecule has 1 aliphatic carbocycles. The lowest BCUT2D eigenvalue weighted by atomic mass is 10.1. The van der Waals surface area contributed by atoms with Gasteiger partial charge in [0.2, 0.25) is 11.8 Å². The molecule has 0 unspecified atom stereocenters. The standard InChI is InChI=1S/C31H38N8O2/c1-18-11-23-13-26(33-18)28-20(3)36-37(4)30(28)41-17-22-6-5-21(12-22)16-39-27-14-24(38-10-9-32-19(2)15-38)7-8-25(27)34-31(39)35-29(23)40/h7-8,11,13-14,19,21-22,32H,5-6,9-10,12,15-17H2,1-4H3,(H,34,35,40)/t19-,21+,22-/m0/s1. The number of fused-ring (bicyclic) bond motifs is 9. The molecule has 1 aromatic carbocycles. The van der Waals surface area contributed by atoms with Gasteiger partial charge in [0.05, 0.1) is 34.6 Å². The first-order chi connectivity index (χ1) is 19.8. The molecule has 3 aromatic heterocycles. The highest BCUT2D eigenvalue weighted by atomic mass is 16.5. The number of aryl methyl sites for hydroxylation is 3. The van der Waals surface area contributed by atoms with Crippen LogP contribution in [0.1, 0.15) is 47.9 Å². The summed E-state index contributed by atoms with van der Waals surface area (Å²) < 4.78 is 10.5. The fourth-order valence-electron chi connectivity index (χ4n) is 6.90. The molecule has 5 heterocycles. The van der Waals surface area contributed by atoms with E-state index >= 15 is 0 Å². The summed E-state index contributed by atoms with van der Waals surface area (Å²) >= 11 is 0. The van der Waals surface area contributed by atoms with Crippen LogP contribution in [0.3, 0.4) is 0 Å². The van der Waals surface area contributed by atoms with Gasteiger partial charge in [0, 0.05) is 56.2 Å². The summed E-state index contributed by atoms with van der Waals surface area (Å²) in [4.78, 5) is 25.9. The summed E-state index contributed by atoms with van der Waals surface area (Å²) in [5.41, 5.74) is 6.82. The monoisotopic (exact) mass is 554 g/mol. The van der Waals surface area contributed by atoms with Crippen LogP contribution in [0.2, 0.25) is 0 Å². The number of nitrogens with zero attached hydrogens (tertiary/aromatic N) is 6. The molecular formula is C31H38N8O2. The third-order valence-corrected chi connectivity index (χ3v) is 8.88. The van der Waals surface area contributed by atoms with Crippen LogP contribution in [0.25, 0.3) is 22.3 Å². The SMILES string of the molecule is Cc1cc2cc(n1)-c1c(C)nn(C)c1OC[C@H]1CC[C@H](C1)Cn1c(nc3ccc(N4CCN[C@@H](C)C4)cc31)NC2=O. The van der Waals surface area contributed by atoms with Crippen molar-refractivity contribution in [3.63, 3.8) is 0 Å². The van der Waals surface area contributed by atoms with Gasteiger partial charge in [0.25, 0.3) is 5.91 Å². The van der Waals surface area contributed by atoms with Crippen molar-refractivity contribution >= 4 is 28.6 Å². The smallest absolute Gasteiger partial charge is 0.258 e. The van der Waals surface area contributed by atoms with Gasteiger partial charge < -0.3 is 19.5 Å². The van der Waals surface area contributed by atoms with Gasteiger partial charge in [-0.1, -0.05) is 0 Å². The fourth-order valence-corrected chi connectivity index (χ4v) is 6.90. The lowest BCUT2D eigenvalue weighted by molar-refractivity contribution is 0.102. The fraction of sp³-hybridized carbons (Fsp3) is 0.484. The molecule has 10 nitrogen and oxygen atoms in total. The average molecular weight is 555 g/mol. The number of ether oxygens (including phenoxy) is 1. The number of aromatic nitrogens is 5. The van der Waals surface area contributed by atoms with Crippen LogP contribution in [0.15, 0.2) is 30.3 Å². The Morgan fingerprint density at radius 2 is 1.90 bits per heavy atom. The first kappa shape index (κ1) is 26.0. The van der Waals surface area contributed by atoms with E-state index in [-0.39, 0.29) is 5.91 Å². The third kappa shape index (κ3) is 4.84. The highest BCUT2D eigenvalue weighted by Gasteiger charge is 2.29. The van der Waals surface area contributed by atoms with Gasteiger partial charge >= 0.3 is 0 Å². The number of hydrogen-bond donors (Lipinski definition) is 2. The summed E-state index contributed by atoms with van der Waals surface area (Å²) in [6.45, 7) is 10.5. The first-order valence-electron chi connectivity index (χ1n) is 14.8. The Morgan fingerprint density at radius 1 is 1.05 bits per heavy atom. The Kier molecular flexibility index (Phi) is 6.45. The number of rotatable bonds is 1. The molecule has 1 amide bonds. The normalized spacial score (nSPS) is 22.9. The van der Waals surface area contributed by atoms with Gasteiger partial charge in [-0.2, -0.15) is 5.10 Å². The summed E-state index contributed by atoms with van der Waals surface area (Å²) in [5, 5.41) is 11.3. The Bertz CT molecular complexity index is 1640. The average Bonchev–Trinajstić information content (AvgIpc) is 3.61. The Balaban J connectivity index is 1.32. The van der Waals surface area contributed by atoms with E-state index in [0.29, 0.717) is 47.6 Å². The third-order valence-electron chi connectivity index (χ3n) is 8.88. The van der Waals surface area contributed by atoms with Crippen LogP contribution in [0, 0.1) is 25.7 Å². The first-order valence-corrected chi connectivity index (χ1v) is 14.8. The van der Waals surface area contributed by atoms with E-state index in [0.717, 1.165) is 73.4 Å². The molecule has 1 saturated heterocycles. The van der Waals surface area contributed by atoms with Crippen molar-refractivity contribution in [1.29, 1.82) is 0 Å². The topological polar surface area (TPSA) is 102 Å². The van der Waals surface area contributed by atoms with Crippen LogP contribution in [0.5, 0.6) is 5.88 Å². The number of piperazine rings is 1. The van der Waals surface area contributed by atoms with Crippen LogP contribution in [0.4, 0.5) is 11.6 Å². The highest BCUT2D eigenvalue weighted by Crippen LogP contribution is 2.38. The number of carbonyl (C=O) groups is 1. The van der Waals surface area contributed by atoms with Gasteiger partial charge in [0.1, 0.15) is 0 Å². The van der Waals surface area contributed by atoms with E-state index in [1.54, 1.807) is 4.68 Å². The summed E-state index contributed by atoms with van der Waals surface area (Å²) in [6.07, 6.45) is 3.30. The molecule has 3 atom stereocenters. The highest BCUT2D eigenvalue weighted by molar-refractivity contribution is 6.05. The quantitative estimate of drug-likeness (QED) is 0.362. The minimum absolute atomic E-state index is 0.201. The van der Waals surface area contributed by atoms with Crippen molar-refractivity contribution in [3.8, 4) is 17.1 Å². The molecule has 2 fully saturated rings. The molecule has 41 heavy (non-hydrogen) atoms. The largest absolute Gasteiger partial charge is 0.477 e. The van der Waals surface area contributed by atoms with E-state index in [9.17, 15) is 4.79 Å². The van der Waals surface area contributed by atoms with E-state index in [1.807, 2.05) is 33.0 Å². The van der Waals surface area contributed by atoms with Gasteiger partial charge in [-0.15, -0.1) is 0 Å². The lowest BCUT2D eigenvalue weighted by Gasteiger charge is -2.33. The molecule has 2 aliphatic heterocycles. The van der Waals surface area contributed by atoms with Crippen molar-refractivity contribution in [1.82, 2.24) is 29.6 Å². The zero-order valence-electron chi connectivity index (χ0n) is 24.3. The molecular weight excluding hydrogens is 516 g/mol. The molecule has 2 N–H and O–H groups in total. The summed E-state index contributed by atoms with van der Waals surface area (Å²) in [7, 11) is 1.90. The second-order valence-electron chi connectivity index (χ2n) is 12.1. The van der Waals surface area contributed by atoms with E-state index in [2.05, 4.69) is 50.3 Å². The number of amides is 1.